The molecule has 0 aliphatic heterocycles. The topological polar surface area (TPSA) is 124 Å². The summed E-state index contributed by atoms with van der Waals surface area (Å²) in [6.07, 6.45) is 23.4. The van der Waals surface area contributed by atoms with Crippen molar-refractivity contribution in [2.24, 2.45) is 106 Å². The summed E-state index contributed by atoms with van der Waals surface area (Å²) in [5.74, 6) is 8.09. The maximum absolute atomic E-state index is 12.9. The molecular formula is C53H82O10. The first-order valence-electron chi connectivity index (χ1n) is 26.4. The number of hydrogen-bond donors (Lipinski definition) is 0. The lowest BCUT2D eigenvalue weighted by Crippen LogP contribution is -2.43. The second-order valence-electron chi connectivity index (χ2n) is 23.5. The molecule has 10 fully saturated rings. The quantitative estimate of drug-likeness (QED) is 0.0487. The number of esters is 4. The van der Waals surface area contributed by atoms with Gasteiger partial charge in [-0.25, -0.2) is 0 Å². The molecule has 0 aromatic heterocycles. The summed E-state index contributed by atoms with van der Waals surface area (Å²) < 4.78 is 34.7. The molecule has 0 aromatic rings. The highest BCUT2D eigenvalue weighted by molar-refractivity contribution is 5.76. The lowest BCUT2D eigenvalue weighted by Gasteiger charge is -2.41. The number of rotatable bonds is 16. The summed E-state index contributed by atoms with van der Waals surface area (Å²) in [6.45, 7) is 11.7. The molecule has 0 aromatic carbocycles. The first kappa shape index (κ1) is 45.9. The van der Waals surface area contributed by atoms with Crippen molar-refractivity contribution in [1.29, 1.82) is 0 Å². The average molecular weight is 879 g/mol. The monoisotopic (exact) mass is 879 g/mol. The van der Waals surface area contributed by atoms with Gasteiger partial charge in [-0.3, -0.25) is 19.2 Å². The SMILES string of the molecule is CCC(C)(C)C(=O)OC1CC2CC1C1C3CC(CC3C(=O)OCOCC3CCCCC3)C21.CCC(C)C(=O)OC1CC2CC1C1C3CC(CC3C(=O)OCOCC3CCCCC3)C21. The number of hydrogen-bond acceptors (Lipinski definition) is 10. The summed E-state index contributed by atoms with van der Waals surface area (Å²) in [7, 11) is 0. The van der Waals surface area contributed by atoms with Crippen LogP contribution in [0.2, 0.25) is 0 Å². The van der Waals surface area contributed by atoms with Crippen LogP contribution in [0.4, 0.5) is 0 Å². The first-order chi connectivity index (χ1) is 30.4. The van der Waals surface area contributed by atoms with Crippen LogP contribution < -0.4 is 0 Å². The molecule has 10 rings (SSSR count). The van der Waals surface area contributed by atoms with E-state index in [4.69, 9.17) is 28.4 Å². The standard InChI is InChI=1S/C27H42O5.C26H40O5/c1-4-27(2,3)26(29)32-22-13-18-12-21(22)24-19-10-17(23(18)24)11-20(19)25(28)31-15-30-14-16-8-6-5-7-9-16;1-3-15(2)25(27)31-22-12-18-11-21(22)24-19-9-17(23(18)24)10-20(19)26(28)30-14-29-13-16-7-5-4-6-8-16/h16-24H,4-15H2,1-3H3;15-24H,3-14H2,1-2H3. The smallest absolute Gasteiger partial charge is 0.311 e. The Kier molecular flexibility index (Phi) is 14.3. The molecule has 8 bridgehead atoms. The molecule has 10 aliphatic rings. The van der Waals surface area contributed by atoms with E-state index in [2.05, 4.69) is 0 Å². The fourth-order valence-corrected chi connectivity index (χ4v) is 16.3. The molecule has 354 valence electrons. The van der Waals surface area contributed by atoms with Crippen molar-refractivity contribution in [2.45, 2.75) is 175 Å². The number of ether oxygens (including phenoxy) is 6. The van der Waals surface area contributed by atoms with Crippen molar-refractivity contribution < 1.29 is 47.6 Å². The van der Waals surface area contributed by atoms with E-state index in [1.54, 1.807) is 0 Å². The molecule has 0 heterocycles. The van der Waals surface area contributed by atoms with Crippen LogP contribution in [0, 0.1) is 106 Å². The summed E-state index contributed by atoms with van der Waals surface area (Å²) in [4.78, 5) is 50.9. The van der Waals surface area contributed by atoms with Gasteiger partial charge in [-0.05, 0) is 187 Å². The highest BCUT2D eigenvalue weighted by Gasteiger charge is 2.68. The van der Waals surface area contributed by atoms with Gasteiger partial charge in [0.2, 0.25) is 0 Å². The van der Waals surface area contributed by atoms with Gasteiger partial charge in [0.25, 0.3) is 0 Å². The van der Waals surface area contributed by atoms with E-state index in [9.17, 15) is 19.2 Å². The second-order valence-corrected chi connectivity index (χ2v) is 23.5. The molecular weight excluding hydrogens is 797 g/mol. The Bertz CT molecular complexity index is 1620. The maximum Gasteiger partial charge on any atom is 0.311 e. The zero-order valence-corrected chi connectivity index (χ0v) is 39.5. The van der Waals surface area contributed by atoms with Crippen LogP contribution in [0.25, 0.3) is 0 Å². The molecule has 10 nitrogen and oxygen atoms in total. The van der Waals surface area contributed by atoms with Crippen molar-refractivity contribution in [1.82, 2.24) is 0 Å². The highest BCUT2D eigenvalue weighted by atomic mass is 16.7. The van der Waals surface area contributed by atoms with Gasteiger partial charge in [0, 0.05) is 0 Å². The Balaban J connectivity index is 0.000000160. The van der Waals surface area contributed by atoms with Gasteiger partial charge in [-0.2, -0.15) is 0 Å². The van der Waals surface area contributed by atoms with E-state index in [0.29, 0.717) is 71.0 Å². The van der Waals surface area contributed by atoms with Crippen LogP contribution in [0.3, 0.4) is 0 Å². The van der Waals surface area contributed by atoms with Crippen LogP contribution in [0.1, 0.15) is 163 Å². The van der Waals surface area contributed by atoms with Gasteiger partial charge in [-0.1, -0.05) is 59.3 Å². The Morgan fingerprint density at radius 3 is 1.41 bits per heavy atom. The third-order valence-corrected chi connectivity index (χ3v) is 19.8. The van der Waals surface area contributed by atoms with Crippen LogP contribution >= 0.6 is 0 Å². The minimum absolute atomic E-state index is 0.0160. The Labute approximate surface area is 378 Å². The Morgan fingerprint density at radius 2 is 0.968 bits per heavy atom. The minimum Gasteiger partial charge on any atom is -0.462 e. The van der Waals surface area contributed by atoms with Crippen molar-refractivity contribution in [2.75, 3.05) is 26.8 Å². The van der Waals surface area contributed by atoms with Gasteiger partial charge >= 0.3 is 23.9 Å². The second kappa shape index (κ2) is 19.6. The van der Waals surface area contributed by atoms with E-state index in [1.165, 1.54) is 77.0 Å². The van der Waals surface area contributed by atoms with Gasteiger partial charge in [0.1, 0.15) is 12.2 Å². The van der Waals surface area contributed by atoms with Crippen LogP contribution in [-0.2, 0) is 47.6 Å². The average Bonchev–Trinajstić information content (AvgIpc) is 4.17. The third-order valence-electron chi connectivity index (χ3n) is 19.8. The normalized spacial score (nSPS) is 41.2. The lowest BCUT2D eigenvalue weighted by molar-refractivity contribution is -0.170. The summed E-state index contributed by atoms with van der Waals surface area (Å²) in [5, 5.41) is 0. The molecule has 0 radical (unpaired) electrons. The minimum atomic E-state index is -0.417. The molecule has 10 heteroatoms. The van der Waals surface area contributed by atoms with Gasteiger partial charge < -0.3 is 28.4 Å². The van der Waals surface area contributed by atoms with E-state index in [-0.39, 0.29) is 67.4 Å². The number of carbonyl (C=O) groups is 4. The Morgan fingerprint density at radius 1 is 0.540 bits per heavy atom. The highest BCUT2D eigenvalue weighted by Crippen LogP contribution is 2.70. The molecule has 0 N–H and O–H groups in total. The van der Waals surface area contributed by atoms with E-state index >= 15 is 0 Å². The van der Waals surface area contributed by atoms with Gasteiger partial charge in [-0.15, -0.1) is 0 Å². The van der Waals surface area contributed by atoms with Crippen LogP contribution in [0.15, 0.2) is 0 Å². The number of fused-ring (bicyclic) bond motifs is 18. The number of carbonyl (C=O) groups excluding carboxylic acids is 4. The largest absolute Gasteiger partial charge is 0.462 e. The predicted molar refractivity (Wildman–Crippen MR) is 236 cm³/mol. The molecule has 17 unspecified atom stereocenters. The zero-order chi connectivity index (χ0) is 44.0. The molecule has 0 saturated heterocycles. The van der Waals surface area contributed by atoms with Crippen LogP contribution in [-0.4, -0.2) is 62.9 Å². The van der Waals surface area contributed by atoms with E-state index < -0.39 is 5.41 Å². The lowest BCUT2D eigenvalue weighted by atomic mass is 9.66. The fraction of sp³-hybridized carbons (Fsp3) is 0.925. The predicted octanol–water partition coefficient (Wildman–Crippen LogP) is 10.3. The molecule has 0 amide bonds. The van der Waals surface area contributed by atoms with Crippen molar-refractivity contribution >= 4 is 23.9 Å². The van der Waals surface area contributed by atoms with Crippen molar-refractivity contribution in [3.05, 3.63) is 0 Å². The summed E-state index contributed by atoms with van der Waals surface area (Å²) in [6, 6.07) is 0. The zero-order valence-electron chi connectivity index (χ0n) is 39.5. The molecule has 63 heavy (non-hydrogen) atoms. The van der Waals surface area contributed by atoms with Crippen molar-refractivity contribution in [3.8, 4) is 0 Å². The Hall–Kier alpha value is -2.20. The van der Waals surface area contributed by atoms with Gasteiger partial charge in [0.05, 0.1) is 36.4 Å². The first-order valence-corrected chi connectivity index (χ1v) is 26.4. The molecule has 10 saturated carbocycles. The third kappa shape index (κ3) is 9.27. The van der Waals surface area contributed by atoms with E-state index in [1.807, 2.05) is 34.6 Å². The molecule has 10 aliphatic carbocycles. The molecule has 17 atom stereocenters. The summed E-state index contributed by atoms with van der Waals surface area (Å²) in [5.41, 5.74) is -0.417. The van der Waals surface area contributed by atoms with E-state index in [0.717, 1.165) is 76.4 Å². The van der Waals surface area contributed by atoms with Crippen molar-refractivity contribution in [3.63, 3.8) is 0 Å². The molecule has 0 spiro atoms. The summed E-state index contributed by atoms with van der Waals surface area (Å²) >= 11 is 0. The fourth-order valence-electron chi connectivity index (χ4n) is 16.3. The maximum atomic E-state index is 12.9. The van der Waals surface area contributed by atoms with Gasteiger partial charge in [0.15, 0.2) is 13.6 Å². The van der Waals surface area contributed by atoms with Crippen LogP contribution in [0.5, 0.6) is 0 Å².